The number of hydrogen-bond acceptors (Lipinski definition) is 3. The highest BCUT2D eigenvalue weighted by atomic mass is 16.5. The molecule has 50 valence electrons. The number of rotatable bonds is 1. The minimum atomic E-state index is -0.778. The Hall–Kier alpha value is -0.830. The van der Waals surface area contributed by atoms with Crippen LogP contribution < -0.4 is 5.73 Å². The molecule has 3 nitrogen and oxygen atoms in total. The molecule has 0 aromatic carbocycles. The highest BCUT2D eigenvalue weighted by Crippen LogP contribution is 2.16. The summed E-state index contributed by atoms with van der Waals surface area (Å²) >= 11 is 0. The molecule has 1 aliphatic heterocycles. The van der Waals surface area contributed by atoms with E-state index in [1.165, 1.54) is 12.3 Å². The van der Waals surface area contributed by atoms with E-state index >= 15 is 0 Å². The SMILES string of the molecule is CC1(CN)OC=CC1=O. The van der Waals surface area contributed by atoms with Gasteiger partial charge in [0.2, 0.25) is 5.78 Å². The van der Waals surface area contributed by atoms with Gasteiger partial charge in [-0.15, -0.1) is 0 Å². The van der Waals surface area contributed by atoms with Crippen molar-refractivity contribution in [1.82, 2.24) is 0 Å². The summed E-state index contributed by atoms with van der Waals surface area (Å²) < 4.78 is 4.95. The Morgan fingerprint density at radius 1 is 1.89 bits per heavy atom. The number of ketones is 1. The largest absolute Gasteiger partial charge is 0.486 e. The van der Waals surface area contributed by atoms with Crippen LogP contribution in [0.4, 0.5) is 0 Å². The molecule has 0 aliphatic carbocycles. The van der Waals surface area contributed by atoms with Gasteiger partial charge in [0.05, 0.1) is 6.26 Å². The molecule has 0 saturated heterocycles. The molecule has 2 N–H and O–H groups in total. The molecule has 1 unspecified atom stereocenters. The number of ether oxygens (including phenoxy) is 1. The van der Waals surface area contributed by atoms with Crippen LogP contribution in [0, 0.1) is 0 Å². The maximum atomic E-state index is 10.8. The molecule has 3 heteroatoms. The van der Waals surface area contributed by atoms with E-state index in [-0.39, 0.29) is 12.3 Å². The Kier molecular flexibility index (Phi) is 1.29. The Balaban J connectivity index is 2.74. The summed E-state index contributed by atoms with van der Waals surface area (Å²) in [6, 6.07) is 0. The molecule has 0 aromatic heterocycles. The minimum Gasteiger partial charge on any atom is -0.486 e. The van der Waals surface area contributed by atoms with E-state index in [1.807, 2.05) is 0 Å². The first kappa shape index (κ1) is 6.29. The molecule has 0 spiro atoms. The highest BCUT2D eigenvalue weighted by molar-refractivity contribution is 5.98. The van der Waals surface area contributed by atoms with Crippen LogP contribution in [0.15, 0.2) is 12.3 Å². The molecular weight excluding hydrogens is 118 g/mol. The van der Waals surface area contributed by atoms with Crippen molar-refractivity contribution in [2.24, 2.45) is 5.73 Å². The standard InChI is InChI=1S/C6H9NO2/c1-6(4-7)5(8)2-3-9-6/h2-3H,4,7H2,1H3. The predicted molar refractivity (Wildman–Crippen MR) is 32.7 cm³/mol. The predicted octanol–water partition coefficient (Wildman–Crippen LogP) is -0.183. The average Bonchev–Trinajstić information content (AvgIpc) is 2.15. The van der Waals surface area contributed by atoms with Gasteiger partial charge in [-0.3, -0.25) is 4.79 Å². The Morgan fingerprint density at radius 3 is 2.78 bits per heavy atom. The molecule has 0 fully saturated rings. The second kappa shape index (κ2) is 1.84. The quantitative estimate of drug-likeness (QED) is 0.531. The van der Waals surface area contributed by atoms with Gasteiger partial charge < -0.3 is 10.5 Å². The van der Waals surface area contributed by atoms with E-state index in [0.29, 0.717) is 0 Å². The van der Waals surface area contributed by atoms with Gasteiger partial charge >= 0.3 is 0 Å². The first-order chi connectivity index (χ1) is 4.19. The Labute approximate surface area is 53.5 Å². The third-order valence-electron chi connectivity index (χ3n) is 1.46. The third-order valence-corrected chi connectivity index (χ3v) is 1.46. The van der Waals surface area contributed by atoms with E-state index < -0.39 is 5.60 Å². The molecular formula is C6H9NO2. The molecule has 0 radical (unpaired) electrons. The minimum absolute atomic E-state index is 0.0509. The van der Waals surface area contributed by atoms with Crippen LogP contribution in [0.1, 0.15) is 6.92 Å². The fourth-order valence-corrected chi connectivity index (χ4v) is 0.629. The lowest BCUT2D eigenvalue weighted by Crippen LogP contribution is -2.40. The van der Waals surface area contributed by atoms with Crippen molar-refractivity contribution in [2.75, 3.05) is 6.54 Å². The van der Waals surface area contributed by atoms with Gasteiger partial charge in [0, 0.05) is 12.6 Å². The van der Waals surface area contributed by atoms with Gasteiger partial charge in [-0.1, -0.05) is 0 Å². The zero-order valence-electron chi connectivity index (χ0n) is 5.26. The first-order valence-corrected chi connectivity index (χ1v) is 2.78. The summed E-state index contributed by atoms with van der Waals surface area (Å²) in [5, 5.41) is 0. The number of hydrogen-bond donors (Lipinski definition) is 1. The van der Waals surface area contributed by atoms with Crippen LogP contribution >= 0.6 is 0 Å². The maximum Gasteiger partial charge on any atom is 0.203 e. The van der Waals surface area contributed by atoms with Gasteiger partial charge in [0.15, 0.2) is 5.60 Å². The van der Waals surface area contributed by atoms with E-state index in [4.69, 9.17) is 10.5 Å². The van der Waals surface area contributed by atoms with Crippen LogP contribution in [0.2, 0.25) is 0 Å². The topological polar surface area (TPSA) is 52.3 Å². The van der Waals surface area contributed by atoms with E-state index in [9.17, 15) is 4.79 Å². The lowest BCUT2D eigenvalue weighted by atomic mass is 10.0. The summed E-state index contributed by atoms with van der Waals surface area (Å²) in [6.07, 6.45) is 2.78. The summed E-state index contributed by atoms with van der Waals surface area (Å²) in [6.45, 7) is 1.91. The third kappa shape index (κ3) is 0.833. The van der Waals surface area contributed by atoms with Crippen LogP contribution in [-0.4, -0.2) is 17.9 Å². The second-order valence-corrected chi connectivity index (χ2v) is 2.22. The fourth-order valence-electron chi connectivity index (χ4n) is 0.629. The van der Waals surface area contributed by atoms with Crippen LogP contribution in [-0.2, 0) is 9.53 Å². The molecule has 0 amide bonds. The van der Waals surface area contributed by atoms with Crippen molar-refractivity contribution in [1.29, 1.82) is 0 Å². The second-order valence-electron chi connectivity index (χ2n) is 2.22. The van der Waals surface area contributed by atoms with Crippen molar-refractivity contribution >= 4 is 5.78 Å². The fraction of sp³-hybridized carbons (Fsp3) is 0.500. The molecule has 1 rings (SSSR count). The van der Waals surface area contributed by atoms with E-state index in [0.717, 1.165) is 0 Å². The Bertz CT molecular complexity index is 164. The molecule has 1 aliphatic rings. The van der Waals surface area contributed by atoms with Crippen LogP contribution in [0.3, 0.4) is 0 Å². The van der Waals surface area contributed by atoms with Gasteiger partial charge in [-0.2, -0.15) is 0 Å². The lowest BCUT2D eigenvalue weighted by Gasteiger charge is -2.18. The molecule has 0 saturated carbocycles. The van der Waals surface area contributed by atoms with Crippen molar-refractivity contribution in [3.8, 4) is 0 Å². The zero-order valence-corrected chi connectivity index (χ0v) is 5.26. The average molecular weight is 127 g/mol. The van der Waals surface area contributed by atoms with Crippen molar-refractivity contribution in [3.05, 3.63) is 12.3 Å². The van der Waals surface area contributed by atoms with Gasteiger partial charge in [-0.05, 0) is 6.92 Å². The monoisotopic (exact) mass is 127 g/mol. The summed E-state index contributed by atoms with van der Waals surface area (Å²) in [5.41, 5.74) is 4.49. The number of nitrogens with two attached hydrogens (primary N) is 1. The normalized spacial score (nSPS) is 32.9. The van der Waals surface area contributed by atoms with Crippen LogP contribution in [0.5, 0.6) is 0 Å². The summed E-state index contributed by atoms with van der Waals surface area (Å²) in [5.74, 6) is -0.0509. The summed E-state index contributed by atoms with van der Waals surface area (Å²) in [7, 11) is 0. The van der Waals surface area contributed by atoms with Gasteiger partial charge in [0.25, 0.3) is 0 Å². The van der Waals surface area contributed by atoms with E-state index in [2.05, 4.69) is 0 Å². The molecule has 9 heavy (non-hydrogen) atoms. The van der Waals surface area contributed by atoms with Crippen molar-refractivity contribution < 1.29 is 9.53 Å². The molecule has 0 bridgehead atoms. The van der Waals surface area contributed by atoms with E-state index in [1.54, 1.807) is 6.92 Å². The zero-order chi connectivity index (χ0) is 6.91. The molecule has 0 aromatic rings. The van der Waals surface area contributed by atoms with Gasteiger partial charge in [0.1, 0.15) is 0 Å². The maximum absolute atomic E-state index is 10.8. The van der Waals surface area contributed by atoms with Crippen molar-refractivity contribution in [3.63, 3.8) is 0 Å². The molecule has 1 heterocycles. The number of carbonyl (C=O) groups excluding carboxylic acids is 1. The molecule has 1 atom stereocenters. The highest BCUT2D eigenvalue weighted by Gasteiger charge is 2.34. The first-order valence-electron chi connectivity index (χ1n) is 2.78. The van der Waals surface area contributed by atoms with Crippen LogP contribution in [0.25, 0.3) is 0 Å². The van der Waals surface area contributed by atoms with Crippen molar-refractivity contribution in [2.45, 2.75) is 12.5 Å². The lowest BCUT2D eigenvalue weighted by molar-refractivity contribution is -0.126. The summed E-state index contributed by atoms with van der Waals surface area (Å²) in [4.78, 5) is 10.8. The smallest absolute Gasteiger partial charge is 0.203 e. The number of carbonyl (C=O) groups is 1. The Morgan fingerprint density at radius 2 is 2.56 bits per heavy atom. The van der Waals surface area contributed by atoms with Gasteiger partial charge in [-0.25, -0.2) is 0 Å².